The van der Waals surface area contributed by atoms with E-state index in [9.17, 15) is 18.0 Å². The Hall–Kier alpha value is -2.30. The maximum absolute atomic E-state index is 12.8. The third-order valence-corrected chi connectivity index (χ3v) is 3.83. The van der Waals surface area contributed by atoms with E-state index < -0.39 is 17.3 Å². The second-order valence-corrected chi connectivity index (χ2v) is 5.51. The number of rotatable bonds is 1. The first-order valence-corrected chi connectivity index (χ1v) is 6.79. The zero-order chi connectivity index (χ0) is 16.0. The number of ketones is 1. The van der Waals surface area contributed by atoms with Crippen LogP contribution in [0.25, 0.3) is 0 Å². The fraction of sp³-hybridized carbons (Fsp3) is 0.235. The molecule has 1 unspecified atom stereocenters. The first kappa shape index (κ1) is 14.6. The molecule has 2 nitrogen and oxygen atoms in total. The van der Waals surface area contributed by atoms with E-state index in [2.05, 4.69) is 0 Å². The van der Waals surface area contributed by atoms with Crippen molar-refractivity contribution in [2.45, 2.75) is 25.1 Å². The first-order chi connectivity index (χ1) is 10.3. The average Bonchev–Trinajstić information content (AvgIpc) is 2.46. The lowest BCUT2D eigenvalue weighted by molar-refractivity contribution is -0.137. The minimum atomic E-state index is -4.47. The number of Topliss-reactive ketones (excluding diaryl/α,β-unsaturated/α-hetero) is 1. The molecule has 0 amide bonds. The highest BCUT2D eigenvalue weighted by Crippen LogP contribution is 2.41. The van der Waals surface area contributed by atoms with Crippen LogP contribution in [0.1, 0.15) is 34.8 Å². The molecular formula is C17H13F3O2. The van der Waals surface area contributed by atoms with E-state index in [1.54, 1.807) is 31.2 Å². The standard InChI is InChI=1S/C17H13F3O2/c1-16(11-5-3-2-4-6-11)10-14(21)13-8-7-12(17(18,19)20)9-15(13)22-16/h2-9H,10H2,1H3. The van der Waals surface area contributed by atoms with E-state index in [4.69, 9.17) is 4.74 Å². The van der Waals surface area contributed by atoms with Gasteiger partial charge in [-0.1, -0.05) is 30.3 Å². The molecule has 1 aliphatic heterocycles. The molecule has 0 aliphatic carbocycles. The van der Waals surface area contributed by atoms with Crippen LogP contribution in [-0.4, -0.2) is 5.78 Å². The highest BCUT2D eigenvalue weighted by molar-refractivity contribution is 6.00. The number of hydrogen-bond donors (Lipinski definition) is 0. The van der Waals surface area contributed by atoms with Crippen molar-refractivity contribution in [2.24, 2.45) is 0 Å². The Bertz CT molecular complexity index is 722. The number of fused-ring (bicyclic) bond motifs is 1. The molecule has 22 heavy (non-hydrogen) atoms. The van der Waals surface area contributed by atoms with E-state index in [-0.39, 0.29) is 23.5 Å². The molecule has 0 spiro atoms. The summed E-state index contributed by atoms with van der Waals surface area (Å²) in [4.78, 5) is 12.3. The fourth-order valence-electron chi connectivity index (χ4n) is 2.65. The van der Waals surface area contributed by atoms with Gasteiger partial charge in [0.25, 0.3) is 0 Å². The Morgan fingerprint density at radius 3 is 2.41 bits per heavy atom. The van der Waals surface area contributed by atoms with Crippen LogP contribution in [0.5, 0.6) is 5.75 Å². The van der Waals surface area contributed by atoms with Gasteiger partial charge in [-0.3, -0.25) is 4.79 Å². The molecule has 0 fully saturated rings. The SMILES string of the molecule is CC1(c2ccccc2)CC(=O)c2ccc(C(F)(F)F)cc2O1. The van der Waals surface area contributed by atoms with Crippen molar-refractivity contribution in [1.82, 2.24) is 0 Å². The summed E-state index contributed by atoms with van der Waals surface area (Å²) in [5.41, 5.74) is -0.834. The van der Waals surface area contributed by atoms with Crippen LogP contribution >= 0.6 is 0 Å². The zero-order valence-corrected chi connectivity index (χ0v) is 11.8. The van der Waals surface area contributed by atoms with Gasteiger partial charge in [-0.25, -0.2) is 0 Å². The van der Waals surface area contributed by atoms with Crippen molar-refractivity contribution in [3.63, 3.8) is 0 Å². The van der Waals surface area contributed by atoms with Crippen molar-refractivity contribution in [3.8, 4) is 5.75 Å². The lowest BCUT2D eigenvalue weighted by atomic mass is 9.85. The predicted octanol–water partition coefficient (Wildman–Crippen LogP) is 4.59. The van der Waals surface area contributed by atoms with E-state index in [0.717, 1.165) is 17.7 Å². The maximum Gasteiger partial charge on any atom is 0.416 e. The highest BCUT2D eigenvalue weighted by Gasteiger charge is 2.40. The third kappa shape index (κ3) is 2.47. The molecule has 0 aromatic heterocycles. The molecule has 0 N–H and O–H groups in total. The summed E-state index contributed by atoms with van der Waals surface area (Å²) in [7, 11) is 0. The fourth-order valence-corrected chi connectivity index (χ4v) is 2.65. The summed E-state index contributed by atoms with van der Waals surface area (Å²) in [6.07, 6.45) is -4.38. The second kappa shape index (κ2) is 4.87. The van der Waals surface area contributed by atoms with Gasteiger partial charge in [0.05, 0.1) is 17.5 Å². The minimum Gasteiger partial charge on any atom is -0.482 e. The summed E-state index contributed by atoms with van der Waals surface area (Å²) in [5, 5.41) is 0. The smallest absolute Gasteiger partial charge is 0.416 e. The van der Waals surface area contributed by atoms with Gasteiger partial charge in [-0.15, -0.1) is 0 Å². The second-order valence-electron chi connectivity index (χ2n) is 5.51. The van der Waals surface area contributed by atoms with Gasteiger partial charge in [-0.05, 0) is 30.7 Å². The lowest BCUT2D eigenvalue weighted by Gasteiger charge is -2.35. The molecule has 0 bridgehead atoms. The van der Waals surface area contributed by atoms with Gasteiger partial charge in [0, 0.05) is 0 Å². The van der Waals surface area contributed by atoms with Crippen LogP contribution in [0.2, 0.25) is 0 Å². The first-order valence-electron chi connectivity index (χ1n) is 6.79. The highest BCUT2D eigenvalue weighted by atomic mass is 19.4. The van der Waals surface area contributed by atoms with Gasteiger partial charge >= 0.3 is 6.18 Å². The molecule has 2 aromatic rings. The van der Waals surface area contributed by atoms with Gasteiger partial charge in [0.1, 0.15) is 11.4 Å². The van der Waals surface area contributed by atoms with Crippen molar-refractivity contribution in [2.75, 3.05) is 0 Å². The number of ether oxygens (including phenoxy) is 1. The van der Waals surface area contributed by atoms with Gasteiger partial charge in [-0.2, -0.15) is 13.2 Å². The number of carbonyl (C=O) groups is 1. The van der Waals surface area contributed by atoms with Crippen LogP contribution in [0.3, 0.4) is 0 Å². The minimum absolute atomic E-state index is 0.0163. The largest absolute Gasteiger partial charge is 0.482 e. The van der Waals surface area contributed by atoms with Crippen LogP contribution < -0.4 is 4.74 Å². The monoisotopic (exact) mass is 306 g/mol. The molecule has 0 radical (unpaired) electrons. The molecule has 1 aliphatic rings. The summed E-state index contributed by atoms with van der Waals surface area (Å²) >= 11 is 0. The number of carbonyl (C=O) groups excluding carboxylic acids is 1. The molecule has 114 valence electrons. The normalized spacial score (nSPS) is 21.2. The Morgan fingerprint density at radius 2 is 1.77 bits per heavy atom. The zero-order valence-electron chi connectivity index (χ0n) is 11.8. The van der Waals surface area contributed by atoms with E-state index in [0.29, 0.717) is 0 Å². The molecule has 1 atom stereocenters. The topological polar surface area (TPSA) is 26.3 Å². The Kier molecular flexibility index (Phi) is 3.24. The van der Waals surface area contributed by atoms with Crippen LogP contribution in [0, 0.1) is 0 Å². The molecule has 3 rings (SSSR count). The Labute approximate surface area is 125 Å². The average molecular weight is 306 g/mol. The van der Waals surface area contributed by atoms with E-state index in [1.165, 1.54) is 6.07 Å². The summed E-state index contributed by atoms with van der Waals surface area (Å²) in [6, 6.07) is 12.0. The van der Waals surface area contributed by atoms with Crippen molar-refractivity contribution < 1.29 is 22.7 Å². The van der Waals surface area contributed by atoms with E-state index >= 15 is 0 Å². The van der Waals surface area contributed by atoms with Crippen molar-refractivity contribution in [3.05, 3.63) is 65.2 Å². The third-order valence-electron chi connectivity index (χ3n) is 3.83. The van der Waals surface area contributed by atoms with Crippen molar-refractivity contribution >= 4 is 5.78 Å². The molecule has 0 saturated carbocycles. The van der Waals surface area contributed by atoms with Crippen LogP contribution in [0.4, 0.5) is 13.2 Å². The Morgan fingerprint density at radius 1 is 1.09 bits per heavy atom. The molecule has 5 heteroatoms. The van der Waals surface area contributed by atoms with Crippen LogP contribution in [0.15, 0.2) is 48.5 Å². The lowest BCUT2D eigenvalue weighted by Crippen LogP contribution is -2.36. The van der Waals surface area contributed by atoms with Gasteiger partial charge in [0.15, 0.2) is 5.78 Å². The molecule has 2 aromatic carbocycles. The summed E-state index contributed by atoms with van der Waals surface area (Å²) in [6.45, 7) is 1.71. The number of halogens is 3. The van der Waals surface area contributed by atoms with Gasteiger partial charge < -0.3 is 4.74 Å². The van der Waals surface area contributed by atoms with Crippen LogP contribution in [-0.2, 0) is 11.8 Å². The number of alkyl halides is 3. The predicted molar refractivity (Wildman–Crippen MR) is 74.8 cm³/mol. The maximum atomic E-state index is 12.8. The number of benzene rings is 2. The van der Waals surface area contributed by atoms with E-state index in [1.807, 2.05) is 6.07 Å². The van der Waals surface area contributed by atoms with Gasteiger partial charge in [0.2, 0.25) is 0 Å². The molecule has 1 heterocycles. The quantitative estimate of drug-likeness (QED) is 0.770. The molecular weight excluding hydrogens is 293 g/mol. The summed E-state index contributed by atoms with van der Waals surface area (Å²) in [5.74, 6) is -0.237. The number of hydrogen-bond acceptors (Lipinski definition) is 2. The summed E-state index contributed by atoms with van der Waals surface area (Å²) < 4.78 is 44.3. The van der Waals surface area contributed by atoms with Crippen molar-refractivity contribution in [1.29, 1.82) is 0 Å². The Balaban J connectivity index is 2.06. The molecule has 0 saturated heterocycles.